The summed E-state index contributed by atoms with van der Waals surface area (Å²) >= 11 is 0. The van der Waals surface area contributed by atoms with E-state index in [2.05, 4.69) is 0 Å². The monoisotopic (exact) mass is 272 g/mol. The van der Waals surface area contributed by atoms with E-state index in [1.165, 1.54) is 0 Å². The molecular formula is C16H16O4. The summed E-state index contributed by atoms with van der Waals surface area (Å²) in [5.74, 6) is -0.128. The van der Waals surface area contributed by atoms with Gasteiger partial charge in [-0.2, -0.15) is 0 Å². The molecular weight excluding hydrogens is 256 g/mol. The van der Waals surface area contributed by atoms with Crippen LogP contribution in [-0.2, 0) is 6.42 Å². The number of aliphatic hydroxyl groups excluding tert-OH is 1. The van der Waals surface area contributed by atoms with Crippen LogP contribution < -0.4 is 4.74 Å². The first-order chi connectivity index (χ1) is 9.60. The van der Waals surface area contributed by atoms with Crippen molar-refractivity contribution in [3.8, 4) is 11.5 Å². The lowest BCUT2D eigenvalue weighted by Crippen LogP contribution is -2.00. The molecule has 2 aromatic rings. The molecule has 0 aliphatic carbocycles. The van der Waals surface area contributed by atoms with Crippen LogP contribution in [0.3, 0.4) is 0 Å². The van der Waals surface area contributed by atoms with Gasteiger partial charge in [-0.15, -0.1) is 0 Å². The van der Waals surface area contributed by atoms with Crippen LogP contribution in [0.15, 0.2) is 42.5 Å². The van der Waals surface area contributed by atoms with E-state index in [1.807, 2.05) is 25.1 Å². The summed E-state index contributed by atoms with van der Waals surface area (Å²) in [4.78, 5) is 11.2. The van der Waals surface area contributed by atoms with E-state index in [0.717, 1.165) is 11.1 Å². The second-order valence-electron chi connectivity index (χ2n) is 4.52. The van der Waals surface area contributed by atoms with E-state index in [9.17, 15) is 9.90 Å². The van der Waals surface area contributed by atoms with Crippen molar-refractivity contribution >= 4 is 5.97 Å². The van der Waals surface area contributed by atoms with Crippen LogP contribution in [0.1, 0.15) is 21.5 Å². The maximum atomic E-state index is 11.2. The van der Waals surface area contributed by atoms with E-state index in [-0.39, 0.29) is 12.2 Å². The van der Waals surface area contributed by atoms with Gasteiger partial charge in [0.15, 0.2) is 0 Å². The third-order valence-corrected chi connectivity index (χ3v) is 2.92. The van der Waals surface area contributed by atoms with Crippen molar-refractivity contribution in [1.29, 1.82) is 0 Å². The Morgan fingerprint density at radius 2 is 1.85 bits per heavy atom. The Bertz CT molecular complexity index is 602. The van der Waals surface area contributed by atoms with Crippen molar-refractivity contribution in [2.45, 2.75) is 13.3 Å². The van der Waals surface area contributed by atoms with Gasteiger partial charge in [0, 0.05) is 6.61 Å². The van der Waals surface area contributed by atoms with Crippen LogP contribution in [0.2, 0.25) is 0 Å². The summed E-state index contributed by atoms with van der Waals surface area (Å²) in [5.41, 5.74) is 2.01. The smallest absolute Gasteiger partial charge is 0.339 e. The first-order valence-corrected chi connectivity index (χ1v) is 6.32. The van der Waals surface area contributed by atoms with Crippen molar-refractivity contribution in [1.82, 2.24) is 0 Å². The fourth-order valence-corrected chi connectivity index (χ4v) is 1.88. The number of aromatic carboxylic acids is 1. The number of carboxylic acid groups (broad SMARTS) is 1. The lowest BCUT2D eigenvalue weighted by Gasteiger charge is -2.10. The average molecular weight is 272 g/mol. The minimum Gasteiger partial charge on any atom is -0.478 e. The molecule has 2 aromatic carbocycles. The highest BCUT2D eigenvalue weighted by atomic mass is 16.5. The third kappa shape index (κ3) is 3.36. The van der Waals surface area contributed by atoms with Crippen LogP contribution >= 0.6 is 0 Å². The second kappa shape index (κ2) is 6.21. The Labute approximate surface area is 117 Å². The number of rotatable bonds is 5. The van der Waals surface area contributed by atoms with E-state index in [1.54, 1.807) is 24.3 Å². The zero-order valence-corrected chi connectivity index (χ0v) is 11.2. The average Bonchev–Trinajstić information content (AvgIpc) is 2.43. The van der Waals surface area contributed by atoms with Gasteiger partial charge in [-0.25, -0.2) is 4.79 Å². The Hall–Kier alpha value is -2.33. The van der Waals surface area contributed by atoms with Gasteiger partial charge in [-0.1, -0.05) is 23.8 Å². The molecule has 0 unspecified atom stereocenters. The molecule has 4 nitrogen and oxygen atoms in total. The van der Waals surface area contributed by atoms with E-state index >= 15 is 0 Å². The molecule has 0 saturated carbocycles. The maximum absolute atomic E-state index is 11.2. The standard InChI is InChI=1S/C16H16O4/c1-11-2-7-15(14(10-11)16(18)19)20-13-5-3-12(4-6-13)8-9-17/h2-7,10,17H,8-9H2,1H3,(H,18,19). The quantitative estimate of drug-likeness (QED) is 0.878. The number of benzene rings is 2. The molecule has 0 saturated heterocycles. The highest BCUT2D eigenvalue weighted by molar-refractivity contribution is 5.91. The zero-order valence-electron chi connectivity index (χ0n) is 11.2. The highest BCUT2D eigenvalue weighted by Crippen LogP contribution is 2.26. The summed E-state index contributed by atoms with van der Waals surface area (Å²) in [6.45, 7) is 1.93. The SMILES string of the molecule is Cc1ccc(Oc2ccc(CCO)cc2)c(C(=O)O)c1. The summed E-state index contributed by atoms with van der Waals surface area (Å²) in [6.07, 6.45) is 0.588. The number of hydrogen-bond acceptors (Lipinski definition) is 3. The number of aliphatic hydroxyl groups is 1. The number of carbonyl (C=O) groups is 1. The lowest BCUT2D eigenvalue weighted by atomic mass is 10.1. The number of aryl methyl sites for hydroxylation is 1. The Balaban J connectivity index is 2.23. The fourth-order valence-electron chi connectivity index (χ4n) is 1.88. The van der Waals surface area contributed by atoms with Crippen LogP contribution in [0.25, 0.3) is 0 Å². The van der Waals surface area contributed by atoms with E-state index in [4.69, 9.17) is 9.84 Å². The molecule has 0 aromatic heterocycles. The van der Waals surface area contributed by atoms with Crippen molar-refractivity contribution in [2.75, 3.05) is 6.61 Å². The first-order valence-electron chi connectivity index (χ1n) is 6.32. The molecule has 0 fully saturated rings. The molecule has 0 atom stereocenters. The van der Waals surface area contributed by atoms with Crippen molar-refractivity contribution in [3.05, 3.63) is 59.2 Å². The van der Waals surface area contributed by atoms with Crippen molar-refractivity contribution in [3.63, 3.8) is 0 Å². The summed E-state index contributed by atoms with van der Waals surface area (Å²) in [6, 6.07) is 12.3. The highest BCUT2D eigenvalue weighted by Gasteiger charge is 2.12. The molecule has 0 bridgehead atoms. The normalized spacial score (nSPS) is 10.3. The van der Waals surface area contributed by atoms with Crippen LogP contribution in [0.5, 0.6) is 11.5 Å². The van der Waals surface area contributed by atoms with Gasteiger partial charge < -0.3 is 14.9 Å². The van der Waals surface area contributed by atoms with Gasteiger partial charge in [0.05, 0.1) is 0 Å². The number of carboxylic acids is 1. The van der Waals surface area contributed by atoms with Gasteiger partial charge in [-0.3, -0.25) is 0 Å². The minimum atomic E-state index is -1.01. The Morgan fingerprint density at radius 1 is 1.15 bits per heavy atom. The fraction of sp³-hybridized carbons (Fsp3) is 0.188. The van der Waals surface area contributed by atoms with Gasteiger partial charge in [0.1, 0.15) is 17.1 Å². The Kier molecular flexibility index (Phi) is 4.38. The summed E-state index contributed by atoms with van der Waals surface area (Å²) < 4.78 is 5.62. The molecule has 20 heavy (non-hydrogen) atoms. The van der Waals surface area contributed by atoms with E-state index < -0.39 is 5.97 Å². The largest absolute Gasteiger partial charge is 0.478 e. The summed E-state index contributed by atoms with van der Waals surface area (Å²) in [5, 5.41) is 18.0. The molecule has 0 spiro atoms. The predicted octanol–water partition coefficient (Wildman–Crippen LogP) is 3.02. The topological polar surface area (TPSA) is 66.8 Å². The molecule has 0 aliphatic heterocycles. The van der Waals surface area contributed by atoms with Crippen LogP contribution in [0, 0.1) is 6.92 Å². The molecule has 0 heterocycles. The number of ether oxygens (including phenoxy) is 1. The minimum absolute atomic E-state index is 0.0985. The first kappa shape index (κ1) is 14.1. The van der Waals surface area contributed by atoms with Crippen LogP contribution in [0.4, 0.5) is 0 Å². The molecule has 104 valence electrons. The zero-order chi connectivity index (χ0) is 14.5. The molecule has 0 aliphatic rings. The lowest BCUT2D eigenvalue weighted by molar-refractivity contribution is 0.0694. The molecule has 0 radical (unpaired) electrons. The van der Waals surface area contributed by atoms with Gasteiger partial charge in [-0.05, 0) is 43.2 Å². The molecule has 4 heteroatoms. The van der Waals surface area contributed by atoms with Crippen molar-refractivity contribution < 1.29 is 19.7 Å². The summed E-state index contributed by atoms with van der Waals surface area (Å²) in [7, 11) is 0. The van der Waals surface area contributed by atoms with Gasteiger partial charge >= 0.3 is 5.97 Å². The Morgan fingerprint density at radius 3 is 2.45 bits per heavy atom. The van der Waals surface area contributed by atoms with Crippen LogP contribution in [-0.4, -0.2) is 22.8 Å². The van der Waals surface area contributed by atoms with E-state index in [0.29, 0.717) is 17.9 Å². The molecule has 2 N–H and O–H groups in total. The molecule has 0 amide bonds. The third-order valence-electron chi connectivity index (χ3n) is 2.92. The van der Waals surface area contributed by atoms with Crippen molar-refractivity contribution in [2.24, 2.45) is 0 Å². The van der Waals surface area contributed by atoms with Gasteiger partial charge in [0.2, 0.25) is 0 Å². The molecule has 2 rings (SSSR count). The second-order valence-corrected chi connectivity index (χ2v) is 4.52. The predicted molar refractivity (Wildman–Crippen MR) is 75.4 cm³/mol. The van der Waals surface area contributed by atoms with Gasteiger partial charge in [0.25, 0.3) is 0 Å². The maximum Gasteiger partial charge on any atom is 0.339 e. The number of hydrogen-bond donors (Lipinski definition) is 2.